The molecule has 0 amide bonds. The van der Waals surface area contributed by atoms with Crippen molar-refractivity contribution in [1.29, 1.82) is 0 Å². The van der Waals surface area contributed by atoms with Gasteiger partial charge in [-0.05, 0) is 6.32 Å². The van der Waals surface area contributed by atoms with Gasteiger partial charge in [0.1, 0.15) is 12.2 Å². The maximum Gasteiger partial charge on any atom is 0.457 e. The van der Waals surface area contributed by atoms with Gasteiger partial charge < -0.3 is 23.9 Å². The lowest BCUT2D eigenvalue weighted by Gasteiger charge is -2.45. The van der Waals surface area contributed by atoms with E-state index >= 15 is 0 Å². The quantitative estimate of drug-likeness (QED) is 0.619. The number of hydrogen-bond acceptors (Lipinski definition) is 5. The third-order valence-corrected chi connectivity index (χ3v) is 2.61. The van der Waals surface area contributed by atoms with Gasteiger partial charge in [0.05, 0.1) is 12.7 Å². The molecule has 0 radical (unpaired) electrons. The van der Waals surface area contributed by atoms with E-state index in [9.17, 15) is 5.11 Å². The lowest BCUT2D eigenvalue weighted by molar-refractivity contribution is -0.274. The molecule has 1 N–H and O–H groups in total. The van der Waals surface area contributed by atoms with E-state index < -0.39 is 18.5 Å². The molecule has 4 unspecified atom stereocenters. The molecule has 80 valence electrons. The van der Waals surface area contributed by atoms with Crippen LogP contribution in [0.4, 0.5) is 0 Å². The van der Waals surface area contributed by atoms with Crippen LogP contribution in [0.5, 0.6) is 0 Å². The van der Waals surface area contributed by atoms with Crippen molar-refractivity contribution < 1.29 is 23.9 Å². The van der Waals surface area contributed by atoms with E-state index in [2.05, 4.69) is 0 Å². The number of methoxy groups -OCH3 is 1. The first-order valence-electron chi connectivity index (χ1n) is 4.89. The summed E-state index contributed by atoms with van der Waals surface area (Å²) >= 11 is 0. The van der Waals surface area contributed by atoms with Crippen molar-refractivity contribution in [2.24, 2.45) is 0 Å². The predicted molar refractivity (Wildman–Crippen MR) is 48.7 cm³/mol. The number of ether oxygens (including phenoxy) is 2. The van der Waals surface area contributed by atoms with Crippen LogP contribution in [0.25, 0.3) is 0 Å². The van der Waals surface area contributed by atoms with Gasteiger partial charge in [-0.15, -0.1) is 0 Å². The fourth-order valence-corrected chi connectivity index (χ4v) is 1.82. The van der Waals surface area contributed by atoms with Crippen LogP contribution in [0.3, 0.4) is 0 Å². The molecule has 0 spiro atoms. The van der Waals surface area contributed by atoms with Crippen molar-refractivity contribution in [2.45, 2.75) is 37.8 Å². The van der Waals surface area contributed by atoms with Gasteiger partial charge in [0.2, 0.25) is 0 Å². The SMILES string of the molecule is CCB1OC2COC(OC)C(O1)C2O. The molecule has 2 rings (SSSR count). The number of aliphatic hydroxyl groups is 1. The smallest absolute Gasteiger partial charge is 0.403 e. The Morgan fingerprint density at radius 2 is 2.29 bits per heavy atom. The molecule has 5 nitrogen and oxygen atoms in total. The molecule has 0 aliphatic carbocycles. The highest BCUT2D eigenvalue weighted by atomic mass is 16.7. The fourth-order valence-electron chi connectivity index (χ4n) is 1.82. The van der Waals surface area contributed by atoms with Crippen molar-refractivity contribution in [3.05, 3.63) is 0 Å². The summed E-state index contributed by atoms with van der Waals surface area (Å²) in [5.41, 5.74) is 0. The monoisotopic (exact) mass is 202 g/mol. The second-order valence-electron chi connectivity index (χ2n) is 3.54. The number of rotatable bonds is 2. The number of hydrogen-bond donors (Lipinski definition) is 1. The Morgan fingerprint density at radius 3 is 2.93 bits per heavy atom. The Kier molecular flexibility index (Phi) is 3.09. The Labute approximate surface area is 83.4 Å². The maximum absolute atomic E-state index is 9.79. The van der Waals surface area contributed by atoms with Crippen LogP contribution < -0.4 is 0 Å². The lowest BCUT2D eigenvalue weighted by Crippen LogP contribution is -2.62. The summed E-state index contributed by atoms with van der Waals surface area (Å²) in [4.78, 5) is 0. The van der Waals surface area contributed by atoms with Crippen LogP contribution >= 0.6 is 0 Å². The van der Waals surface area contributed by atoms with Crippen LogP contribution in [0, 0.1) is 0 Å². The van der Waals surface area contributed by atoms with E-state index in [4.69, 9.17) is 18.8 Å². The van der Waals surface area contributed by atoms with Crippen LogP contribution in [0.15, 0.2) is 0 Å². The first-order valence-corrected chi connectivity index (χ1v) is 4.89. The zero-order valence-corrected chi connectivity index (χ0v) is 8.38. The van der Waals surface area contributed by atoms with Crippen molar-refractivity contribution in [2.75, 3.05) is 13.7 Å². The molecule has 0 saturated carbocycles. The van der Waals surface area contributed by atoms with E-state index in [1.807, 2.05) is 6.92 Å². The van der Waals surface area contributed by atoms with Gasteiger partial charge in [-0.2, -0.15) is 0 Å². The molecular weight excluding hydrogens is 187 g/mol. The summed E-state index contributed by atoms with van der Waals surface area (Å²) < 4.78 is 21.4. The van der Waals surface area contributed by atoms with Gasteiger partial charge in [-0.25, -0.2) is 0 Å². The average molecular weight is 202 g/mol. The first kappa shape index (κ1) is 10.4. The van der Waals surface area contributed by atoms with E-state index in [1.54, 1.807) is 0 Å². The molecular formula is C8H15BO5. The molecule has 2 aliphatic heterocycles. The highest BCUT2D eigenvalue weighted by Crippen LogP contribution is 2.27. The van der Waals surface area contributed by atoms with Crippen LogP contribution in [0.1, 0.15) is 6.92 Å². The molecule has 6 heteroatoms. The third kappa shape index (κ3) is 1.68. The van der Waals surface area contributed by atoms with Crippen LogP contribution in [-0.4, -0.2) is 50.5 Å². The fraction of sp³-hybridized carbons (Fsp3) is 1.00. The average Bonchev–Trinajstić information content (AvgIpc) is 2.18. The second-order valence-corrected chi connectivity index (χ2v) is 3.54. The van der Waals surface area contributed by atoms with Gasteiger partial charge in [0.25, 0.3) is 0 Å². The van der Waals surface area contributed by atoms with Crippen LogP contribution in [0.2, 0.25) is 6.32 Å². The topological polar surface area (TPSA) is 57.2 Å². The lowest BCUT2D eigenvalue weighted by atomic mass is 9.81. The van der Waals surface area contributed by atoms with Gasteiger partial charge >= 0.3 is 7.12 Å². The minimum Gasteiger partial charge on any atom is -0.403 e. The zero-order valence-electron chi connectivity index (χ0n) is 8.38. The third-order valence-electron chi connectivity index (χ3n) is 2.61. The maximum atomic E-state index is 9.79. The molecule has 2 heterocycles. The Balaban J connectivity index is 2.07. The Morgan fingerprint density at radius 1 is 1.50 bits per heavy atom. The minimum absolute atomic E-state index is 0.255. The summed E-state index contributed by atoms with van der Waals surface area (Å²) in [6.07, 6.45) is -1.10. The summed E-state index contributed by atoms with van der Waals surface area (Å²) in [5, 5.41) is 9.79. The molecule has 0 aromatic rings. The highest BCUT2D eigenvalue weighted by Gasteiger charge is 2.48. The molecule has 0 aromatic carbocycles. The zero-order chi connectivity index (χ0) is 10.1. The summed E-state index contributed by atoms with van der Waals surface area (Å²) in [6.45, 7) is 2.33. The summed E-state index contributed by atoms with van der Waals surface area (Å²) in [6, 6.07) is 0. The van der Waals surface area contributed by atoms with Gasteiger partial charge in [-0.1, -0.05) is 6.92 Å². The first-order chi connectivity index (χ1) is 6.76. The predicted octanol–water partition coefficient (Wildman–Crippen LogP) is -0.358. The summed E-state index contributed by atoms with van der Waals surface area (Å²) in [5.74, 6) is 0. The van der Waals surface area contributed by atoms with E-state index in [0.29, 0.717) is 6.61 Å². The van der Waals surface area contributed by atoms with E-state index in [-0.39, 0.29) is 13.2 Å². The minimum atomic E-state index is -0.656. The van der Waals surface area contributed by atoms with E-state index in [1.165, 1.54) is 7.11 Å². The van der Waals surface area contributed by atoms with Crippen molar-refractivity contribution in [3.63, 3.8) is 0 Å². The molecule has 2 fully saturated rings. The molecule has 0 aromatic heterocycles. The van der Waals surface area contributed by atoms with Gasteiger partial charge in [0, 0.05) is 7.11 Å². The molecule has 4 atom stereocenters. The molecule has 2 aliphatic rings. The summed E-state index contributed by atoms with van der Waals surface area (Å²) in [7, 11) is 1.28. The number of aliphatic hydroxyl groups excluding tert-OH is 1. The van der Waals surface area contributed by atoms with Crippen molar-refractivity contribution in [1.82, 2.24) is 0 Å². The highest BCUT2D eigenvalue weighted by molar-refractivity contribution is 6.44. The van der Waals surface area contributed by atoms with Crippen LogP contribution in [-0.2, 0) is 18.8 Å². The van der Waals surface area contributed by atoms with Gasteiger partial charge in [-0.3, -0.25) is 0 Å². The van der Waals surface area contributed by atoms with E-state index in [0.717, 1.165) is 6.32 Å². The second kappa shape index (κ2) is 4.16. The molecule has 2 saturated heterocycles. The Bertz CT molecular complexity index is 200. The Hall–Kier alpha value is -0.135. The van der Waals surface area contributed by atoms with Crippen molar-refractivity contribution in [3.8, 4) is 0 Å². The number of fused-ring (bicyclic) bond motifs is 2. The molecule has 2 bridgehead atoms. The largest absolute Gasteiger partial charge is 0.457 e. The standard InChI is InChI=1S/C8H15BO5/c1-3-9-13-5-4-12-8(11-2)7(14-9)6(5)10/h5-8,10H,3-4H2,1-2H3. The van der Waals surface area contributed by atoms with Crippen molar-refractivity contribution >= 4 is 7.12 Å². The van der Waals surface area contributed by atoms with Gasteiger partial charge in [0.15, 0.2) is 6.29 Å². The molecule has 14 heavy (non-hydrogen) atoms. The normalized spacial score (nSPS) is 42.6.